The number of Topliss-reactive ketones (excluding diaryl/α,β-unsaturated/α-hetero) is 1. The number of nitrogens with two attached hydrogens (primary N) is 1. The number of hydrogen-bond acceptors (Lipinski definition) is 22. The van der Waals surface area contributed by atoms with Crippen LogP contribution in [0, 0.1) is 36.5 Å². The Morgan fingerprint density at radius 3 is 2.21 bits per heavy atom. The van der Waals surface area contributed by atoms with Crippen LogP contribution >= 0.6 is 0 Å². The number of esters is 1. The number of anilines is 3. The van der Waals surface area contributed by atoms with Gasteiger partial charge in [-0.1, -0.05) is 78.3 Å². The van der Waals surface area contributed by atoms with Gasteiger partial charge in [0.15, 0.2) is 22.3 Å². The molecule has 9 amide bonds. The van der Waals surface area contributed by atoms with E-state index in [0.717, 1.165) is 4.90 Å². The second-order valence-electron chi connectivity index (χ2n) is 28.7. The van der Waals surface area contributed by atoms with Crippen molar-refractivity contribution in [3.05, 3.63) is 118 Å². The van der Waals surface area contributed by atoms with E-state index in [9.17, 15) is 63.3 Å². The van der Waals surface area contributed by atoms with Gasteiger partial charge in [0, 0.05) is 136 Å². The van der Waals surface area contributed by atoms with Crippen LogP contribution in [0.4, 0.5) is 26.7 Å². The van der Waals surface area contributed by atoms with E-state index in [0.29, 0.717) is 62.1 Å². The average Bonchev–Trinajstić information content (AvgIpc) is 1.42. The molecule has 30 nitrogen and oxygen atoms in total. The molecule has 4 aromatic carbocycles. The lowest BCUT2D eigenvalue weighted by Crippen LogP contribution is -2.54. The Hall–Kier alpha value is -10.7. The average molecular weight is 1500 g/mol. The number of phenolic OH excluding ortho intramolecular Hbond substituents is 1. The number of carbonyl (C=O) groups excluding carboxylic acids is 10. The minimum absolute atomic E-state index is 0.0594. The van der Waals surface area contributed by atoms with Crippen molar-refractivity contribution >= 4 is 109 Å². The number of aliphatic hydroxyl groups excluding tert-OH is 2. The molecule has 580 valence electrons. The molecule has 4 aliphatic heterocycles. The van der Waals surface area contributed by atoms with E-state index in [1.807, 2.05) is 6.07 Å². The van der Waals surface area contributed by atoms with Gasteiger partial charge in [-0.05, 0) is 94.2 Å². The number of imide groups is 1. The molecule has 0 saturated carbocycles. The van der Waals surface area contributed by atoms with Gasteiger partial charge in [-0.3, -0.25) is 48.1 Å². The lowest BCUT2D eigenvalue weighted by atomic mass is 9.78. The minimum atomic E-state index is -2.13. The lowest BCUT2D eigenvalue weighted by Gasteiger charge is -2.38. The first-order chi connectivity index (χ1) is 51.2. The summed E-state index contributed by atoms with van der Waals surface area (Å²) in [7, 11) is 3.08. The number of ether oxygens (including phenoxy) is 5. The Morgan fingerprint density at radius 1 is 0.861 bits per heavy atom. The van der Waals surface area contributed by atoms with Crippen LogP contribution in [-0.4, -0.2) is 178 Å². The maximum Gasteiger partial charge on any atom is 0.410 e. The second kappa shape index (κ2) is 35.3. The molecule has 1 fully saturated rings. The lowest BCUT2D eigenvalue weighted by molar-refractivity contribution is -0.160. The standard InChI is InChI=1S/C78H98N10O20/c1-40(2)62(84-56(90)21-14-13-15-34-88-57(91)28-29-58(88)92)75(100)83-53(20-17-33-80-76(79)101)74(99)81-49-24-22-48(23-25-49)39-104-77(102)86(11)50-30-35-87(36-31-50)51-26-27-52-55(38-51)107-71-63(82-52)59-60-67(95)46(8)70-61(59)72(97)78(10,108-70)105-37-32-54(103-12)43(5)69(106-47(9)89)45(7)66(94)44(6)65(93)41(3)18-16-19-42(4)73(98)85-64(71)68(60)96/h16,18-19,22-29,32,37-38,40-41,43-45,50,53-54,62,65-66,69,93-94,96H,13-15,17,20-21,30-31,33-36,39H2,1-12H3,(H,81,99)(H,83,100)(H,84,90)(H,85,98)(H3,79,80,101)/b18-16+,37-32+,42-19-/t41-,43+,44+,45+,53-,54-,62-,65-,66+,69+,78-/m0/s1. The Balaban J connectivity index is 0.883. The third kappa shape index (κ3) is 18.6. The molecule has 0 aliphatic carbocycles. The van der Waals surface area contributed by atoms with E-state index in [1.165, 1.54) is 65.4 Å². The topological polar surface area (TPSA) is 417 Å². The summed E-state index contributed by atoms with van der Waals surface area (Å²) in [5.41, 5.74) is 5.94. The molecule has 5 aromatic rings. The predicted molar refractivity (Wildman–Crippen MR) is 400 cm³/mol. The number of aliphatic hydroxyl groups is 2. The SMILES string of the molecule is CO[C@H]1/C=C/O[C@@]2(C)Oc3c(C)c(=O)c4c(O)c(c5oc6cc(N7CCC(N(C)C(=O)OCc8ccc(NC(=O)[C@H](CCCNC(N)=O)NC(=O)[C@@H](NC(=O)CCCCCN9C(=O)C=CC9=O)C(C)C)cc8)CC7)ccc6nc5c4c3C2=O)NC(=O)/C(C)=C\C=C\[C@H](C)[C@H](O)[C@@H](C)[C@@H](O)[C@@H](C)[C@H](OC(C)=O)[C@@H]1C. The van der Waals surface area contributed by atoms with Gasteiger partial charge in [-0.25, -0.2) is 14.6 Å². The fourth-order valence-electron chi connectivity index (χ4n) is 14.0. The zero-order chi connectivity index (χ0) is 78.7. The van der Waals surface area contributed by atoms with Crippen LogP contribution in [0.5, 0.6) is 11.5 Å². The van der Waals surface area contributed by atoms with E-state index >= 15 is 4.79 Å². The van der Waals surface area contributed by atoms with Gasteiger partial charge in [0.1, 0.15) is 47.3 Å². The summed E-state index contributed by atoms with van der Waals surface area (Å²) in [5.74, 6) is -10.5. The zero-order valence-electron chi connectivity index (χ0n) is 62.9. The highest BCUT2D eigenvalue weighted by Gasteiger charge is 2.50. The van der Waals surface area contributed by atoms with Crippen molar-refractivity contribution in [2.24, 2.45) is 35.3 Å². The molecule has 0 spiro atoms. The van der Waals surface area contributed by atoms with Crippen molar-refractivity contribution in [2.75, 3.05) is 55.9 Å². The minimum Gasteiger partial charge on any atom is -0.505 e. The number of fused-ring (bicyclic) bond motifs is 2. The van der Waals surface area contributed by atoms with Gasteiger partial charge in [-0.15, -0.1) is 0 Å². The molecule has 11 atom stereocenters. The normalized spacial score (nSPS) is 23.8. The fraction of sp³-hybridized carbons (Fsp3) is 0.487. The Labute approximate surface area is 624 Å². The summed E-state index contributed by atoms with van der Waals surface area (Å²) in [6.45, 7) is 17.1. The number of phenols is 1. The molecule has 0 unspecified atom stereocenters. The highest BCUT2D eigenvalue weighted by Crippen LogP contribution is 2.49. The molecule has 108 heavy (non-hydrogen) atoms. The van der Waals surface area contributed by atoms with Gasteiger partial charge < -0.3 is 85.5 Å². The zero-order valence-corrected chi connectivity index (χ0v) is 62.9. The predicted octanol–water partition coefficient (Wildman–Crippen LogP) is 7.73. The smallest absolute Gasteiger partial charge is 0.410 e. The number of rotatable bonds is 22. The molecular formula is C78H98N10O20. The quantitative estimate of drug-likeness (QED) is 0.00798. The van der Waals surface area contributed by atoms with Crippen molar-refractivity contribution in [3.8, 4) is 11.5 Å². The molecule has 1 aromatic heterocycles. The highest BCUT2D eigenvalue weighted by atomic mass is 16.7. The third-order valence-electron chi connectivity index (χ3n) is 20.6. The number of unbranched alkanes of at least 4 members (excludes halogenated alkanes) is 2. The monoisotopic (exact) mass is 1490 g/mol. The number of carbonyl (C=O) groups is 10. The van der Waals surface area contributed by atoms with Crippen LogP contribution in [0.1, 0.15) is 135 Å². The Bertz CT molecular complexity index is 4450. The van der Waals surface area contributed by atoms with Crippen LogP contribution in [0.15, 0.2) is 100.0 Å². The Morgan fingerprint density at radius 2 is 1.56 bits per heavy atom. The van der Waals surface area contributed by atoms with E-state index < -0.39 is 119 Å². The van der Waals surface area contributed by atoms with E-state index in [4.69, 9.17) is 38.8 Å². The van der Waals surface area contributed by atoms with Crippen LogP contribution < -0.4 is 47.4 Å². The summed E-state index contributed by atoms with van der Waals surface area (Å²) in [5, 5.41) is 48.8. The third-order valence-corrected chi connectivity index (χ3v) is 20.6. The first-order valence-corrected chi connectivity index (χ1v) is 36.3. The van der Waals surface area contributed by atoms with Gasteiger partial charge in [0.25, 0.3) is 23.5 Å². The number of nitrogens with one attached hydrogen (secondary N) is 5. The van der Waals surface area contributed by atoms with Crippen molar-refractivity contribution in [3.63, 3.8) is 0 Å². The number of allylic oxidation sites excluding steroid dienone is 2. The molecule has 5 heterocycles. The van der Waals surface area contributed by atoms with Gasteiger partial charge in [0.2, 0.25) is 17.7 Å². The van der Waals surface area contributed by atoms with Crippen LogP contribution in [0.3, 0.4) is 0 Å². The summed E-state index contributed by atoms with van der Waals surface area (Å²) < 4.78 is 36.6. The first-order valence-electron chi connectivity index (χ1n) is 36.3. The van der Waals surface area contributed by atoms with E-state index in [1.54, 1.807) is 102 Å². The maximum absolute atomic E-state index is 15.1. The number of piperidine rings is 1. The molecule has 4 bridgehead atoms. The van der Waals surface area contributed by atoms with Crippen LogP contribution in [0.2, 0.25) is 0 Å². The number of hydrogen-bond donors (Lipinski definition) is 9. The largest absolute Gasteiger partial charge is 0.505 e. The summed E-state index contributed by atoms with van der Waals surface area (Å²) in [6.07, 6.45) is 8.10. The number of ketones is 1. The number of primary amides is 1. The number of benzene rings is 4. The van der Waals surface area contributed by atoms with Gasteiger partial charge >= 0.3 is 23.9 Å². The Kier molecular flexibility index (Phi) is 26.6. The van der Waals surface area contributed by atoms with Crippen LogP contribution in [0.25, 0.3) is 33.0 Å². The summed E-state index contributed by atoms with van der Waals surface area (Å²) in [6, 6.07) is 8.72. The number of nitrogens with zero attached hydrogens (tertiary/aromatic N) is 4. The summed E-state index contributed by atoms with van der Waals surface area (Å²) in [4.78, 5) is 156. The van der Waals surface area contributed by atoms with Gasteiger partial charge in [-0.2, -0.15) is 0 Å². The molecule has 0 radical (unpaired) electrons. The molecular weight excluding hydrogens is 1400 g/mol. The van der Waals surface area contributed by atoms with Crippen LogP contribution in [-0.2, 0) is 59.1 Å². The van der Waals surface area contributed by atoms with Crippen molar-refractivity contribution < 1.29 is 91.4 Å². The van der Waals surface area contributed by atoms with Crippen molar-refractivity contribution in [2.45, 2.75) is 176 Å². The number of aromatic nitrogens is 1. The van der Waals surface area contributed by atoms with E-state index in [-0.39, 0.29) is 130 Å². The van der Waals surface area contributed by atoms with E-state index in [2.05, 4.69) is 31.5 Å². The molecule has 10 N–H and O–H groups in total. The summed E-state index contributed by atoms with van der Waals surface area (Å²) >= 11 is 0. The fourth-order valence-corrected chi connectivity index (χ4v) is 14.0. The molecule has 1 saturated heterocycles. The first kappa shape index (κ1) is 81.4. The van der Waals surface area contributed by atoms with Crippen molar-refractivity contribution in [1.29, 1.82) is 0 Å². The number of urea groups is 1. The maximum atomic E-state index is 15.1. The molecule has 30 heteroatoms. The number of amides is 9. The second-order valence-corrected chi connectivity index (χ2v) is 28.7. The molecule has 9 rings (SSSR count). The highest BCUT2D eigenvalue weighted by molar-refractivity contribution is 6.26. The molecule has 4 aliphatic rings. The number of methoxy groups -OCH3 is 1. The number of aromatic hydroxyl groups is 1. The van der Waals surface area contributed by atoms with Gasteiger partial charge in [0.05, 0.1) is 35.5 Å². The van der Waals surface area contributed by atoms with Crippen molar-refractivity contribution in [1.82, 2.24) is 30.7 Å².